The van der Waals surface area contributed by atoms with E-state index < -0.39 is 0 Å². The minimum absolute atomic E-state index is 0.0618. The van der Waals surface area contributed by atoms with Crippen LogP contribution in [-0.2, 0) is 11.8 Å². The van der Waals surface area contributed by atoms with E-state index in [2.05, 4.69) is 29.2 Å². The third-order valence-electron chi connectivity index (χ3n) is 4.86. The largest absolute Gasteiger partial charge is 0.342 e. The SMILES string of the molecule is CC1CC(C)CN(C(=O)[C@H]2CNC[C@@H]2c2cnn(C)c2)C1. The van der Waals surface area contributed by atoms with Gasteiger partial charge in [-0.15, -0.1) is 0 Å². The van der Waals surface area contributed by atoms with Gasteiger partial charge >= 0.3 is 0 Å². The Labute approximate surface area is 126 Å². The lowest BCUT2D eigenvalue weighted by Crippen LogP contribution is -2.46. The maximum Gasteiger partial charge on any atom is 0.227 e. The molecule has 4 atom stereocenters. The molecule has 116 valence electrons. The molecule has 0 aliphatic carbocycles. The van der Waals surface area contributed by atoms with E-state index in [0.29, 0.717) is 17.7 Å². The second-order valence-corrected chi connectivity index (χ2v) is 7.01. The van der Waals surface area contributed by atoms with Crippen molar-refractivity contribution in [3.8, 4) is 0 Å². The zero-order valence-electron chi connectivity index (χ0n) is 13.2. The van der Waals surface area contributed by atoms with Crippen molar-refractivity contribution in [1.82, 2.24) is 20.0 Å². The number of amides is 1. The van der Waals surface area contributed by atoms with Crippen LogP contribution in [0.4, 0.5) is 0 Å². The molecule has 1 amide bonds. The maximum absolute atomic E-state index is 12.9. The molecule has 2 saturated heterocycles. The molecule has 2 fully saturated rings. The molecule has 1 N–H and O–H groups in total. The van der Waals surface area contributed by atoms with Gasteiger partial charge in [0.25, 0.3) is 0 Å². The van der Waals surface area contributed by atoms with E-state index in [1.54, 1.807) is 0 Å². The van der Waals surface area contributed by atoms with Gasteiger partial charge in [0.05, 0.1) is 12.1 Å². The van der Waals surface area contributed by atoms with Crippen LogP contribution in [0.1, 0.15) is 31.7 Å². The first kappa shape index (κ1) is 14.6. The highest BCUT2D eigenvalue weighted by Gasteiger charge is 2.38. The second-order valence-electron chi connectivity index (χ2n) is 7.01. The number of piperidine rings is 1. The number of aryl methyl sites for hydroxylation is 1. The molecule has 3 heterocycles. The number of hydrogen-bond donors (Lipinski definition) is 1. The molecule has 0 saturated carbocycles. The lowest BCUT2D eigenvalue weighted by molar-refractivity contribution is -0.138. The minimum Gasteiger partial charge on any atom is -0.342 e. The summed E-state index contributed by atoms with van der Waals surface area (Å²) in [6.45, 7) is 8.00. The first-order chi connectivity index (χ1) is 10.0. The van der Waals surface area contributed by atoms with E-state index in [4.69, 9.17) is 0 Å². The summed E-state index contributed by atoms with van der Waals surface area (Å²) in [7, 11) is 1.93. The third kappa shape index (κ3) is 2.98. The zero-order valence-corrected chi connectivity index (χ0v) is 13.2. The second kappa shape index (κ2) is 5.79. The Morgan fingerprint density at radius 2 is 2.00 bits per heavy atom. The van der Waals surface area contributed by atoms with Crippen molar-refractivity contribution in [2.24, 2.45) is 24.8 Å². The molecule has 1 aromatic rings. The molecule has 5 heteroatoms. The van der Waals surface area contributed by atoms with Crippen LogP contribution in [0.2, 0.25) is 0 Å². The standard InChI is InChI=1S/C16H26N4O/c1-11-4-12(2)9-20(8-11)16(21)15-7-17-6-14(15)13-5-18-19(3)10-13/h5,10-12,14-15,17H,4,6-9H2,1-3H3/t11?,12?,14-,15+/m1/s1. The lowest BCUT2D eigenvalue weighted by Gasteiger charge is -2.37. The van der Waals surface area contributed by atoms with E-state index in [1.807, 2.05) is 24.1 Å². The molecule has 2 aliphatic rings. The quantitative estimate of drug-likeness (QED) is 0.891. The Kier molecular flexibility index (Phi) is 4.02. The van der Waals surface area contributed by atoms with Crippen LogP contribution in [0.3, 0.4) is 0 Å². The van der Waals surface area contributed by atoms with Gasteiger partial charge in [0.15, 0.2) is 0 Å². The van der Waals surface area contributed by atoms with E-state index in [-0.39, 0.29) is 11.8 Å². The fourth-order valence-corrected chi connectivity index (χ4v) is 4.00. The maximum atomic E-state index is 12.9. The van der Waals surface area contributed by atoms with Gasteiger partial charge in [-0.05, 0) is 23.8 Å². The van der Waals surface area contributed by atoms with Gasteiger partial charge in [-0.2, -0.15) is 5.10 Å². The summed E-state index contributed by atoms with van der Waals surface area (Å²) < 4.78 is 1.82. The minimum atomic E-state index is 0.0618. The Balaban J connectivity index is 1.74. The number of carbonyl (C=O) groups is 1. The van der Waals surface area contributed by atoms with Crippen molar-refractivity contribution in [3.63, 3.8) is 0 Å². The van der Waals surface area contributed by atoms with Gasteiger partial charge in [-0.25, -0.2) is 0 Å². The van der Waals surface area contributed by atoms with Crippen LogP contribution in [-0.4, -0.2) is 46.8 Å². The number of aromatic nitrogens is 2. The van der Waals surface area contributed by atoms with Crippen molar-refractivity contribution in [2.45, 2.75) is 26.2 Å². The number of likely N-dealkylation sites (tertiary alicyclic amines) is 1. The van der Waals surface area contributed by atoms with Crippen molar-refractivity contribution >= 4 is 5.91 Å². The van der Waals surface area contributed by atoms with Crippen LogP contribution >= 0.6 is 0 Å². The summed E-state index contributed by atoms with van der Waals surface area (Å²) in [6, 6.07) is 0. The smallest absolute Gasteiger partial charge is 0.227 e. The van der Waals surface area contributed by atoms with E-state index >= 15 is 0 Å². The van der Waals surface area contributed by atoms with E-state index in [9.17, 15) is 4.79 Å². The van der Waals surface area contributed by atoms with Crippen molar-refractivity contribution in [1.29, 1.82) is 0 Å². The summed E-state index contributed by atoms with van der Waals surface area (Å²) >= 11 is 0. The zero-order chi connectivity index (χ0) is 15.0. The molecular formula is C16H26N4O. The highest BCUT2D eigenvalue weighted by Crippen LogP contribution is 2.31. The molecular weight excluding hydrogens is 264 g/mol. The summed E-state index contributed by atoms with van der Waals surface area (Å²) in [4.78, 5) is 15.0. The van der Waals surface area contributed by atoms with Gasteiger partial charge in [0.1, 0.15) is 0 Å². The molecule has 0 bridgehead atoms. The topological polar surface area (TPSA) is 50.2 Å². The highest BCUT2D eigenvalue weighted by molar-refractivity contribution is 5.80. The first-order valence-corrected chi connectivity index (χ1v) is 8.02. The van der Waals surface area contributed by atoms with Crippen LogP contribution < -0.4 is 5.32 Å². The fraction of sp³-hybridized carbons (Fsp3) is 0.750. The number of nitrogens with one attached hydrogen (secondary N) is 1. The molecule has 0 radical (unpaired) electrons. The average Bonchev–Trinajstić information content (AvgIpc) is 3.04. The molecule has 1 aromatic heterocycles. The Morgan fingerprint density at radius 1 is 1.29 bits per heavy atom. The predicted molar refractivity (Wildman–Crippen MR) is 81.8 cm³/mol. The molecule has 0 spiro atoms. The van der Waals surface area contributed by atoms with Gasteiger partial charge in [0, 0.05) is 45.3 Å². The summed E-state index contributed by atoms with van der Waals surface area (Å²) in [5, 5.41) is 7.64. The van der Waals surface area contributed by atoms with Crippen molar-refractivity contribution in [2.75, 3.05) is 26.2 Å². The average molecular weight is 290 g/mol. The molecule has 0 aromatic carbocycles. The third-order valence-corrected chi connectivity index (χ3v) is 4.86. The Morgan fingerprint density at radius 3 is 2.62 bits per heavy atom. The Hall–Kier alpha value is -1.36. The van der Waals surface area contributed by atoms with Gasteiger partial charge in [0.2, 0.25) is 5.91 Å². The van der Waals surface area contributed by atoms with Crippen molar-refractivity contribution in [3.05, 3.63) is 18.0 Å². The number of hydrogen-bond acceptors (Lipinski definition) is 3. The van der Waals surface area contributed by atoms with E-state index in [1.165, 1.54) is 12.0 Å². The predicted octanol–water partition coefficient (Wildman–Crippen LogP) is 1.23. The van der Waals surface area contributed by atoms with Gasteiger partial charge < -0.3 is 10.2 Å². The summed E-state index contributed by atoms with van der Waals surface area (Å²) in [5.41, 5.74) is 1.18. The molecule has 3 rings (SSSR count). The monoisotopic (exact) mass is 290 g/mol. The van der Waals surface area contributed by atoms with Crippen molar-refractivity contribution < 1.29 is 4.79 Å². The molecule has 2 aliphatic heterocycles. The summed E-state index contributed by atoms with van der Waals surface area (Å²) in [5.74, 6) is 1.88. The van der Waals surface area contributed by atoms with Crippen LogP contribution in [0.15, 0.2) is 12.4 Å². The molecule has 21 heavy (non-hydrogen) atoms. The number of nitrogens with zero attached hydrogens (tertiary/aromatic N) is 3. The van der Waals surface area contributed by atoms with Crippen LogP contribution in [0.25, 0.3) is 0 Å². The molecule has 2 unspecified atom stereocenters. The lowest BCUT2D eigenvalue weighted by atomic mass is 9.87. The number of rotatable bonds is 2. The highest BCUT2D eigenvalue weighted by atomic mass is 16.2. The van der Waals surface area contributed by atoms with E-state index in [0.717, 1.165) is 26.2 Å². The Bertz CT molecular complexity index is 502. The van der Waals surface area contributed by atoms with Crippen LogP contribution in [0.5, 0.6) is 0 Å². The normalized spacial score (nSPS) is 33.4. The van der Waals surface area contributed by atoms with Crippen LogP contribution in [0, 0.1) is 17.8 Å². The fourth-order valence-electron chi connectivity index (χ4n) is 4.00. The summed E-state index contributed by atoms with van der Waals surface area (Å²) in [6.07, 6.45) is 5.18. The van der Waals surface area contributed by atoms with Gasteiger partial charge in [-0.3, -0.25) is 9.48 Å². The van der Waals surface area contributed by atoms with Gasteiger partial charge in [-0.1, -0.05) is 13.8 Å². The first-order valence-electron chi connectivity index (χ1n) is 8.02. The number of carbonyl (C=O) groups excluding carboxylic acids is 1. The molecule has 5 nitrogen and oxygen atoms in total.